The van der Waals surface area contributed by atoms with E-state index in [1.807, 2.05) is 31.4 Å². The molecule has 0 amide bonds. The van der Waals surface area contributed by atoms with Crippen molar-refractivity contribution in [3.8, 4) is 0 Å². The Morgan fingerprint density at radius 2 is 1.17 bits per heavy atom. The van der Waals surface area contributed by atoms with Crippen LogP contribution in [0.5, 0.6) is 0 Å². The molecule has 0 bridgehead atoms. The van der Waals surface area contributed by atoms with Crippen LogP contribution in [-0.4, -0.2) is 31.4 Å². The highest BCUT2D eigenvalue weighted by Crippen LogP contribution is 1.98. The van der Waals surface area contributed by atoms with Crippen molar-refractivity contribution in [2.45, 2.75) is 0 Å². The third-order valence-corrected chi connectivity index (χ3v) is 3.63. The second kappa shape index (κ2) is 3.33. The first kappa shape index (κ1) is 9.97. The van der Waals surface area contributed by atoms with Crippen molar-refractivity contribution < 1.29 is 4.39 Å². The van der Waals surface area contributed by atoms with Gasteiger partial charge in [0, 0.05) is 4.47 Å². The molecule has 1 rings (SSSR count). The Morgan fingerprint density at radius 1 is 0.833 bits per heavy atom. The van der Waals surface area contributed by atoms with Crippen LogP contribution in [0.3, 0.4) is 0 Å². The molecule has 0 spiro atoms. The molecular weight excluding hydrogens is 214 g/mol. The third-order valence-electron chi connectivity index (χ3n) is 2.44. The van der Waals surface area contributed by atoms with E-state index in [0.29, 0.717) is 0 Å². The van der Waals surface area contributed by atoms with Crippen molar-refractivity contribution in [2.75, 3.05) is 0 Å². The average Bonchev–Trinajstić information content (AvgIpc) is 2.08. The summed E-state index contributed by atoms with van der Waals surface area (Å²) >= 11 is 3.45. The minimum absolute atomic E-state index is 0.0757. The van der Waals surface area contributed by atoms with Crippen molar-refractivity contribution in [1.29, 1.82) is 0 Å². The van der Waals surface area contributed by atoms with Gasteiger partial charge in [0.15, 0.2) is 0 Å². The fraction of sp³-hybridized carbons (Fsp3) is 0. The molecule has 0 saturated heterocycles. The van der Waals surface area contributed by atoms with E-state index in [0.717, 1.165) is 26.3 Å². The molecule has 0 aliphatic carbocycles. The van der Waals surface area contributed by atoms with Gasteiger partial charge in [0.2, 0.25) is 0 Å². The van der Waals surface area contributed by atoms with Gasteiger partial charge in [-0.05, 0) is 0 Å². The molecule has 0 fully saturated rings. The first-order valence-corrected chi connectivity index (χ1v) is 4.67. The van der Waals surface area contributed by atoms with Gasteiger partial charge in [-0.2, -0.15) is 0 Å². The monoisotopic (exact) mass is 222 g/mol. The molecule has 0 nitrogen and oxygen atoms in total. The summed E-state index contributed by atoms with van der Waals surface area (Å²) < 4.78 is 14.4. The van der Waals surface area contributed by atoms with E-state index in [1.165, 1.54) is 0 Å². The molecule has 0 aliphatic rings. The van der Waals surface area contributed by atoms with E-state index in [9.17, 15) is 4.39 Å². The van der Waals surface area contributed by atoms with Gasteiger partial charge in [0.25, 0.3) is 0 Å². The van der Waals surface area contributed by atoms with E-state index >= 15 is 0 Å². The van der Waals surface area contributed by atoms with Crippen molar-refractivity contribution in [3.05, 3.63) is 10.3 Å². The molecular formula is C6H8B4BrF. The van der Waals surface area contributed by atoms with Crippen LogP contribution in [0, 0.1) is 5.82 Å². The molecule has 1 aromatic carbocycles. The maximum Gasteiger partial charge on any atom is 0.142 e. The van der Waals surface area contributed by atoms with Crippen molar-refractivity contribution in [2.24, 2.45) is 0 Å². The Morgan fingerprint density at radius 3 is 1.50 bits per heavy atom. The predicted octanol–water partition coefficient (Wildman–Crippen LogP) is -4.38. The topological polar surface area (TPSA) is 0 Å². The third kappa shape index (κ3) is 1.37. The van der Waals surface area contributed by atoms with Gasteiger partial charge in [-0.1, -0.05) is 37.8 Å². The van der Waals surface area contributed by atoms with Gasteiger partial charge in [0.1, 0.15) is 37.2 Å². The fourth-order valence-corrected chi connectivity index (χ4v) is 1.82. The molecule has 58 valence electrons. The minimum atomic E-state index is -0.0757. The molecule has 0 saturated carbocycles. The van der Waals surface area contributed by atoms with Gasteiger partial charge >= 0.3 is 0 Å². The zero-order chi connectivity index (χ0) is 9.46. The van der Waals surface area contributed by atoms with Crippen LogP contribution < -0.4 is 21.9 Å². The Hall–Kier alpha value is -0.110. The zero-order valence-electron chi connectivity index (χ0n) is 7.76. The highest BCUT2D eigenvalue weighted by molar-refractivity contribution is 9.10. The summed E-state index contributed by atoms with van der Waals surface area (Å²) in [6.45, 7) is 0. The van der Waals surface area contributed by atoms with Crippen LogP contribution in [0.25, 0.3) is 0 Å². The zero-order valence-corrected chi connectivity index (χ0v) is 9.34. The van der Waals surface area contributed by atoms with Gasteiger partial charge in [0.05, 0.1) is 0 Å². The summed E-state index contributed by atoms with van der Waals surface area (Å²) in [7, 11) is 7.47. The molecule has 6 heteroatoms. The van der Waals surface area contributed by atoms with Crippen LogP contribution >= 0.6 is 15.9 Å². The van der Waals surface area contributed by atoms with Gasteiger partial charge in [-0.25, -0.2) is 4.39 Å². The van der Waals surface area contributed by atoms with Crippen molar-refractivity contribution in [1.82, 2.24) is 0 Å². The minimum Gasteiger partial charge on any atom is -0.208 e. The number of halogens is 2. The molecule has 0 aliphatic heterocycles. The molecule has 0 unspecified atom stereocenters. The van der Waals surface area contributed by atoms with Crippen molar-refractivity contribution in [3.63, 3.8) is 0 Å². The SMILES string of the molecule is Bc1c(B)c(Br)c(B)c(B)c1F. The van der Waals surface area contributed by atoms with Gasteiger partial charge in [-0.3, -0.25) is 0 Å². The lowest BCUT2D eigenvalue weighted by atomic mass is 9.70. The maximum absolute atomic E-state index is 13.4. The summed E-state index contributed by atoms with van der Waals surface area (Å²) in [6, 6.07) is 0. The van der Waals surface area contributed by atoms with Crippen LogP contribution in [0.15, 0.2) is 4.47 Å². The van der Waals surface area contributed by atoms with Crippen LogP contribution in [0.4, 0.5) is 4.39 Å². The largest absolute Gasteiger partial charge is 0.208 e. The summed E-state index contributed by atoms with van der Waals surface area (Å²) in [5.41, 5.74) is 3.47. The highest BCUT2D eigenvalue weighted by atomic mass is 79.9. The molecule has 1 aromatic rings. The Labute approximate surface area is 84.1 Å². The lowest BCUT2D eigenvalue weighted by Crippen LogP contribution is -2.45. The lowest BCUT2D eigenvalue weighted by Gasteiger charge is -2.12. The Kier molecular flexibility index (Phi) is 2.77. The first-order chi connectivity index (χ1) is 5.46. The molecule has 0 radical (unpaired) electrons. The van der Waals surface area contributed by atoms with E-state index in [-0.39, 0.29) is 5.82 Å². The van der Waals surface area contributed by atoms with Crippen LogP contribution in [0.2, 0.25) is 0 Å². The summed E-state index contributed by atoms with van der Waals surface area (Å²) in [5.74, 6) is -0.0757. The number of hydrogen-bond acceptors (Lipinski definition) is 0. The molecule has 0 atom stereocenters. The smallest absolute Gasteiger partial charge is 0.142 e. The second-order valence-corrected chi connectivity index (χ2v) is 3.92. The average molecular weight is 222 g/mol. The number of rotatable bonds is 0. The quantitative estimate of drug-likeness (QED) is 0.389. The van der Waals surface area contributed by atoms with E-state index < -0.39 is 0 Å². The normalized spacial score (nSPS) is 10.2. The fourth-order valence-electron chi connectivity index (χ4n) is 1.22. The van der Waals surface area contributed by atoms with Crippen LogP contribution in [0.1, 0.15) is 0 Å². The maximum atomic E-state index is 13.4. The lowest BCUT2D eigenvalue weighted by molar-refractivity contribution is 0.645. The van der Waals surface area contributed by atoms with Crippen LogP contribution in [-0.2, 0) is 0 Å². The summed E-state index contributed by atoms with van der Waals surface area (Å²) in [5, 5.41) is 0. The Bertz CT molecular complexity index is 234. The number of benzene rings is 1. The number of hydrogen-bond donors (Lipinski definition) is 0. The van der Waals surface area contributed by atoms with Gasteiger partial charge < -0.3 is 0 Å². The molecule has 0 aromatic heterocycles. The van der Waals surface area contributed by atoms with E-state index in [2.05, 4.69) is 15.9 Å². The molecule has 0 N–H and O–H groups in total. The van der Waals surface area contributed by atoms with Crippen molar-refractivity contribution >= 4 is 69.2 Å². The first-order valence-electron chi connectivity index (χ1n) is 3.88. The molecule has 0 heterocycles. The van der Waals surface area contributed by atoms with E-state index in [1.54, 1.807) is 0 Å². The summed E-state index contributed by atoms with van der Waals surface area (Å²) in [6.07, 6.45) is 0. The van der Waals surface area contributed by atoms with Gasteiger partial charge in [-0.15, -0.1) is 0 Å². The molecule has 12 heavy (non-hydrogen) atoms. The van der Waals surface area contributed by atoms with E-state index in [4.69, 9.17) is 0 Å². The second-order valence-electron chi connectivity index (χ2n) is 3.13. The highest BCUT2D eigenvalue weighted by Gasteiger charge is 2.10. The summed E-state index contributed by atoms with van der Waals surface area (Å²) in [4.78, 5) is 0. The Balaban J connectivity index is 3.60. The predicted molar refractivity (Wildman–Crippen MR) is 66.8 cm³/mol. The standard InChI is InChI=1S/C6H8B4BrF/c7-1-3(9)6(12)4(10)2(8)5(1)11/h7-10H2.